The summed E-state index contributed by atoms with van der Waals surface area (Å²) in [7, 11) is 0. The number of ether oxygens (including phenoxy) is 1. The maximum atomic E-state index is 12.9. The minimum atomic E-state index is -0.610. The Kier molecular flexibility index (Phi) is 7.50. The lowest BCUT2D eigenvalue weighted by atomic mass is 9.86. The van der Waals surface area contributed by atoms with Gasteiger partial charge >= 0.3 is 6.09 Å². The van der Waals surface area contributed by atoms with Crippen molar-refractivity contribution in [3.8, 4) is 0 Å². The monoisotopic (exact) mass is 417 g/mol. The molecule has 1 saturated heterocycles. The first kappa shape index (κ1) is 23.7. The van der Waals surface area contributed by atoms with Crippen LogP contribution in [0.1, 0.15) is 63.9 Å². The third-order valence-electron chi connectivity index (χ3n) is 4.92. The van der Waals surface area contributed by atoms with Crippen LogP contribution < -0.4 is 5.32 Å². The first-order chi connectivity index (χ1) is 13.9. The van der Waals surface area contributed by atoms with E-state index in [4.69, 9.17) is 4.74 Å². The molecule has 1 heterocycles. The van der Waals surface area contributed by atoms with Gasteiger partial charge in [-0.3, -0.25) is 9.59 Å². The van der Waals surface area contributed by atoms with E-state index in [1.807, 2.05) is 24.3 Å². The second-order valence-electron chi connectivity index (χ2n) is 9.71. The summed E-state index contributed by atoms with van der Waals surface area (Å²) in [6, 6.07) is 7.76. The van der Waals surface area contributed by atoms with Gasteiger partial charge in [-0.15, -0.1) is 0 Å². The van der Waals surface area contributed by atoms with Crippen LogP contribution in [0.2, 0.25) is 0 Å². The average molecular weight is 418 g/mol. The molecule has 0 bridgehead atoms. The predicted octanol–water partition coefficient (Wildman–Crippen LogP) is 3.18. The van der Waals surface area contributed by atoms with Gasteiger partial charge in [-0.1, -0.05) is 32.9 Å². The molecule has 3 amide bonds. The number of hydrogen-bond acceptors (Lipinski definition) is 4. The Morgan fingerprint density at radius 3 is 2.03 bits per heavy atom. The van der Waals surface area contributed by atoms with E-state index in [2.05, 4.69) is 26.1 Å². The highest BCUT2D eigenvalue weighted by Crippen LogP contribution is 2.22. The maximum Gasteiger partial charge on any atom is 0.408 e. The van der Waals surface area contributed by atoms with Crippen LogP contribution in [0, 0.1) is 0 Å². The minimum absolute atomic E-state index is 0.0170. The smallest absolute Gasteiger partial charge is 0.408 e. The van der Waals surface area contributed by atoms with E-state index in [-0.39, 0.29) is 23.8 Å². The van der Waals surface area contributed by atoms with Gasteiger partial charge in [0.2, 0.25) is 5.91 Å². The molecule has 30 heavy (non-hydrogen) atoms. The summed E-state index contributed by atoms with van der Waals surface area (Å²) < 4.78 is 5.15. The van der Waals surface area contributed by atoms with Crippen molar-refractivity contribution in [3.63, 3.8) is 0 Å². The van der Waals surface area contributed by atoms with Crippen LogP contribution in [0.3, 0.4) is 0 Å². The summed E-state index contributed by atoms with van der Waals surface area (Å²) in [5.41, 5.74) is 1.28. The largest absolute Gasteiger partial charge is 0.444 e. The van der Waals surface area contributed by atoms with E-state index < -0.39 is 11.7 Å². The molecule has 1 N–H and O–H groups in total. The molecule has 1 aliphatic heterocycles. The molecule has 1 aliphatic rings. The van der Waals surface area contributed by atoms with E-state index in [1.54, 1.807) is 30.6 Å². The number of hydrogen-bond donors (Lipinski definition) is 1. The van der Waals surface area contributed by atoms with Crippen molar-refractivity contribution in [2.24, 2.45) is 0 Å². The molecular formula is C23H35N3O4. The molecule has 0 aliphatic carbocycles. The van der Waals surface area contributed by atoms with Gasteiger partial charge < -0.3 is 19.9 Å². The summed E-state index contributed by atoms with van der Waals surface area (Å²) in [5, 5.41) is 2.50. The molecule has 0 aromatic heterocycles. The van der Waals surface area contributed by atoms with Gasteiger partial charge in [0.05, 0.1) is 0 Å². The quantitative estimate of drug-likeness (QED) is 0.819. The van der Waals surface area contributed by atoms with Crippen LogP contribution >= 0.6 is 0 Å². The lowest BCUT2D eigenvalue weighted by molar-refractivity contribution is -0.130. The molecule has 0 saturated carbocycles. The molecule has 1 fully saturated rings. The van der Waals surface area contributed by atoms with Crippen molar-refractivity contribution < 1.29 is 19.1 Å². The first-order valence-corrected chi connectivity index (χ1v) is 10.5. The van der Waals surface area contributed by atoms with Gasteiger partial charge in [0.1, 0.15) is 12.1 Å². The molecule has 1 aromatic carbocycles. The molecule has 0 radical (unpaired) electrons. The fourth-order valence-corrected chi connectivity index (χ4v) is 3.24. The summed E-state index contributed by atoms with van der Waals surface area (Å²) in [6.45, 7) is 13.7. The summed E-state index contributed by atoms with van der Waals surface area (Å²) in [6.07, 6.45) is 0.0884. The molecule has 2 rings (SSSR count). The Balaban J connectivity index is 1.89. The predicted molar refractivity (Wildman–Crippen MR) is 116 cm³/mol. The second kappa shape index (κ2) is 9.49. The van der Waals surface area contributed by atoms with E-state index in [0.717, 1.165) is 0 Å². The van der Waals surface area contributed by atoms with Crippen LogP contribution in [0.25, 0.3) is 0 Å². The van der Waals surface area contributed by atoms with Crippen LogP contribution in [-0.2, 0) is 14.9 Å². The number of alkyl carbamates (subject to hydrolysis) is 1. The molecule has 0 spiro atoms. The van der Waals surface area contributed by atoms with Crippen molar-refractivity contribution >= 4 is 17.9 Å². The van der Waals surface area contributed by atoms with Gasteiger partial charge in [-0.2, -0.15) is 0 Å². The number of amides is 3. The van der Waals surface area contributed by atoms with Crippen molar-refractivity contribution in [1.82, 2.24) is 15.1 Å². The van der Waals surface area contributed by atoms with E-state index in [9.17, 15) is 14.4 Å². The van der Waals surface area contributed by atoms with Crippen LogP contribution in [0.5, 0.6) is 0 Å². The lowest BCUT2D eigenvalue weighted by Gasteiger charge is -2.24. The molecule has 1 aromatic rings. The highest BCUT2D eigenvalue weighted by molar-refractivity contribution is 5.94. The standard InChI is InChI=1S/C23H35N3O4/c1-22(2,3)18-10-8-17(9-11-18)20(28)26-13-7-12-25(14-15-26)19(27)16-24-21(29)30-23(4,5)6/h8-11H,7,12-16H2,1-6H3,(H,24,29). The lowest BCUT2D eigenvalue weighted by Crippen LogP contribution is -2.43. The zero-order valence-electron chi connectivity index (χ0n) is 19.1. The Morgan fingerprint density at radius 2 is 1.47 bits per heavy atom. The van der Waals surface area contributed by atoms with E-state index >= 15 is 0 Å². The van der Waals surface area contributed by atoms with E-state index in [0.29, 0.717) is 38.2 Å². The zero-order chi connectivity index (χ0) is 22.5. The Morgan fingerprint density at radius 1 is 0.900 bits per heavy atom. The van der Waals surface area contributed by atoms with Gasteiger partial charge in [-0.25, -0.2) is 4.79 Å². The third kappa shape index (κ3) is 7.04. The highest BCUT2D eigenvalue weighted by Gasteiger charge is 2.24. The van der Waals surface area contributed by atoms with Crippen LogP contribution in [0.15, 0.2) is 24.3 Å². The topological polar surface area (TPSA) is 79.0 Å². The number of benzene rings is 1. The average Bonchev–Trinajstić information content (AvgIpc) is 2.90. The number of carbonyl (C=O) groups is 3. The number of carbonyl (C=O) groups excluding carboxylic acids is 3. The normalized spacial score (nSPS) is 15.4. The Labute approximate surface area is 179 Å². The minimum Gasteiger partial charge on any atom is -0.444 e. The fourth-order valence-electron chi connectivity index (χ4n) is 3.24. The number of nitrogens with one attached hydrogen (secondary N) is 1. The second-order valence-corrected chi connectivity index (χ2v) is 9.71. The summed E-state index contributed by atoms with van der Waals surface area (Å²) in [4.78, 5) is 40.6. The van der Waals surface area contributed by atoms with Crippen LogP contribution in [-0.4, -0.2) is 66.0 Å². The van der Waals surface area contributed by atoms with Crippen molar-refractivity contribution in [1.29, 1.82) is 0 Å². The van der Waals surface area contributed by atoms with Crippen LogP contribution in [0.4, 0.5) is 4.79 Å². The molecule has 0 atom stereocenters. The van der Waals surface area contributed by atoms with Gasteiger partial charge in [-0.05, 0) is 50.3 Å². The molecule has 7 nitrogen and oxygen atoms in total. The Bertz CT molecular complexity index is 760. The highest BCUT2D eigenvalue weighted by atomic mass is 16.6. The number of rotatable bonds is 3. The zero-order valence-corrected chi connectivity index (χ0v) is 19.1. The summed E-state index contributed by atoms with van der Waals surface area (Å²) in [5.74, 6) is -0.193. The SMILES string of the molecule is CC(C)(C)OC(=O)NCC(=O)N1CCCN(C(=O)c2ccc(C(C)(C)C)cc2)CC1. The van der Waals surface area contributed by atoms with Crippen molar-refractivity contribution in [3.05, 3.63) is 35.4 Å². The third-order valence-corrected chi connectivity index (χ3v) is 4.92. The Hall–Kier alpha value is -2.57. The number of nitrogens with zero attached hydrogens (tertiary/aromatic N) is 2. The van der Waals surface area contributed by atoms with Gasteiger partial charge in [0.15, 0.2) is 0 Å². The fraction of sp³-hybridized carbons (Fsp3) is 0.609. The van der Waals surface area contributed by atoms with Crippen molar-refractivity contribution in [2.75, 3.05) is 32.7 Å². The molecule has 166 valence electrons. The van der Waals surface area contributed by atoms with Gasteiger partial charge in [0, 0.05) is 31.7 Å². The maximum absolute atomic E-state index is 12.9. The molecular weight excluding hydrogens is 382 g/mol. The molecule has 7 heteroatoms. The first-order valence-electron chi connectivity index (χ1n) is 10.5. The summed E-state index contributed by atoms with van der Waals surface area (Å²) >= 11 is 0. The molecule has 0 unspecified atom stereocenters. The van der Waals surface area contributed by atoms with Gasteiger partial charge in [0.25, 0.3) is 5.91 Å². The van der Waals surface area contributed by atoms with Crippen molar-refractivity contribution in [2.45, 2.75) is 59.0 Å². The van der Waals surface area contributed by atoms with E-state index in [1.165, 1.54) is 5.56 Å².